The Bertz CT molecular complexity index is 446. The van der Waals surface area contributed by atoms with Crippen LogP contribution < -0.4 is 14.8 Å². The van der Waals surface area contributed by atoms with Gasteiger partial charge in [0.25, 0.3) is 0 Å². The molecule has 0 aliphatic carbocycles. The van der Waals surface area contributed by atoms with E-state index in [0.29, 0.717) is 13.1 Å². The van der Waals surface area contributed by atoms with Crippen LogP contribution in [0.2, 0.25) is 0 Å². The predicted molar refractivity (Wildman–Crippen MR) is 76.3 cm³/mol. The van der Waals surface area contributed by atoms with E-state index < -0.39 is 0 Å². The third kappa shape index (κ3) is 3.42. The molecule has 1 unspecified atom stereocenters. The molecule has 1 aliphatic rings. The Balaban J connectivity index is 2.02. The Hall–Kier alpha value is -1.30. The average Bonchev–Trinajstić information content (AvgIpc) is 2.81. The monoisotopic (exact) mass is 281 g/mol. The lowest BCUT2D eigenvalue weighted by molar-refractivity contribution is -0.0989. The minimum absolute atomic E-state index is 0.240. The van der Waals surface area contributed by atoms with Gasteiger partial charge in [0.1, 0.15) is 17.6 Å². The number of rotatable bonds is 7. The number of hydrogen-bond acceptors (Lipinski definition) is 5. The van der Waals surface area contributed by atoms with Crippen molar-refractivity contribution < 1.29 is 18.9 Å². The maximum Gasteiger partial charge on any atom is 0.169 e. The highest BCUT2D eigenvalue weighted by Crippen LogP contribution is 2.34. The average molecular weight is 281 g/mol. The van der Waals surface area contributed by atoms with E-state index in [1.165, 1.54) is 5.56 Å². The molecule has 5 nitrogen and oxygen atoms in total. The van der Waals surface area contributed by atoms with Crippen molar-refractivity contribution in [3.8, 4) is 11.5 Å². The van der Waals surface area contributed by atoms with Gasteiger partial charge < -0.3 is 24.3 Å². The zero-order valence-corrected chi connectivity index (χ0v) is 12.6. The van der Waals surface area contributed by atoms with E-state index >= 15 is 0 Å². The lowest BCUT2D eigenvalue weighted by Gasteiger charge is -2.15. The molecular weight excluding hydrogens is 258 g/mol. The number of fused-ring (bicyclic) bond motifs is 1. The van der Waals surface area contributed by atoms with E-state index in [0.717, 1.165) is 23.5 Å². The number of nitrogens with one attached hydrogen (secondary N) is 1. The summed E-state index contributed by atoms with van der Waals surface area (Å²) in [7, 11) is 4.94. The maximum absolute atomic E-state index is 5.78. The molecule has 0 radical (unpaired) electrons. The van der Waals surface area contributed by atoms with Gasteiger partial charge in [-0.1, -0.05) is 0 Å². The molecule has 0 bridgehead atoms. The van der Waals surface area contributed by atoms with Crippen LogP contribution in [0.1, 0.15) is 18.1 Å². The van der Waals surface area contributed by atoms with Crippen LogP contribution in [0.25, 0.3) is 0 Å². The largest absolute Gasteiger partial charge is 0.496 e. The van der Waals surface area contributed by atoms with E-state index in [2.05, 4.69) is 24.4 Å². The molecule has 0 amide bonds. The van der Waals surface area contributed by atoms with Gasteiger partial charge in [-0.3, -0.25) is 0 Å². The summed E-state index contributed by atoms with van der Waals surface area (Å²) in [5.74, 6) is 1.85. The van der Waals surface area contributed by atoms with E-state index in [9.17, 15) is 0 Å². The molecular formula is C15H23NO4. The van der Waals surface area contributed by atoms with Gasteiger partial charge in [-0.05, 0) is 19.1 Å². The van der Waals surface area contributed by atoms with Crippen LogP contribution in [-0.2, 0) is 22.4 Å². The van der Waals surface area contributed by atoms with Crippen molar-refractivity contribution in [1.29, 1.82) is 0 Å². The molecule has 1 atom stereocenters. The molecule has 0 spiro atoms. The predicted octanol–water partition coefficient (Wildman–Crippen LogP) is 1.73. The number of methoxy groups -OCH3 is 3. The second-order valence-corrected chi connectivity index (χ2v) is 4.94. The summed E-state index contributed by atoms with van der Waals surface area (Å²) in [5.41, 5.74) is 2.29. The quantitative estimate of drug-likeness (QED) is 0.771. The first kappa shape index (κ1) is 15.1. The first-order valence-corrected chi connectivity index (χ1v) is 6.80. The fourth-order valence-electron chi connectivity index (χ4n) is 2.40. The van der Waals surface area contributed by atoms with Crippen LogP contribution in [0, 0.1) is 0 Å². The molecule has 20 heavy (non-hydrogen) atoms. The molecule has 5 heteroatoms. The van der Waals surface area contributed by atoms with Gasteiger partial charge in [-0.15, -0.1) is 0 Å². The van der Waals surface area contributed by atoms with Crippen molar-refractivity contribution in [3.05, 3.63) is 23.3 Å². The highest BCUT2D eigenvalue weighted by Gasteiger charge is 2.21. The minimum Gasteiger partial charge on any atom is -0.496 e. The molecule has 1 aliphatic heterocycles. The minimum atomic E-state index is -0.244. The second kappa shape index (κ2) is 6.92. The molecule has 1 heterocycles. The summed E-state index contributed by atoms with van der Waals surface area (Å²) in [6, 6.07) is 4.12. The molecule has 1 aromatic rings. The number of hydrogen-bond donors (Lipinski definition) is 1. The summed E-state index contributed by atoms with van der Waals surface area (Å²) in [4.78, 5) is 0. The van der Waals surface area contributed by atoms with Crippen LogP contribution in [-0.4, -0.2) is 40.3 Å². The van der Waals surface area contributed by atoms with Gasteiger partial charge in [0.2, 0.25) is 0 Å². The van der Waals surface area contributed by atoms with Gasteiger partial charge in [-0.25, -0.2) is 0 Å². The summed E-state index contributed by atoms with van der Waals surface area (Å²) >= 11 is 0. The molecule has 0 saturated heterocycles. The van der Waals surface area contributed by atoms with Gasteiger partial charge in [0.15, 0.2) is 6.29 Å². The maximum atomic E-state index is 5.78. The van der Waals surface area contributed by atoms with E-state index in [-0.39, 0.29) is 12.4 Å². The topological polar surface area (TPSA) is 49.0 Å². The number of ether oxygens (including phenoxy) is 4. The Labute approximate surface area is 120 Å². The Morgan fingerprint density at radius 1 is 1.30 bits per heavy atom. The SMILES string of the molecule is COc1cc2c(cc1CNCC(OC)OC)OC(C)C2. The smallest absolute Gasteiger partial charge is 0.169 e. The Kier molecular flexibility index (Phi) is 5.23. The number of benzene rings is 1. The first-order valence-electron chi connectivity index (χ1n) is 6.80. The van der Waals surface area contributed by atoms with Crippen LogP contribution in [0.4, 0.5) is 0 Å². The normalized spacial score (nSPS) is 17.1. The Morgan fingerprint density at radius 3 is 2.70 bits per heavy atom. The van der Waals surface area contributed by atoms with Crippen molar-refractivity contribution in [1.82, 2.24) is 5.32 Å². The van der Waals surface area contributed by atoms with E-state index in [4.69, 9.17) is 18.9 Å². The summed E-state index contributed by atoms with van der Waals surface area (Å²) in [6.45, 7) is 3.37. The van der Waals surface area contributed by atoms with Crippen molar-refractivity contribution >= 4 is 0 Å². The molecule has 0 saturated carbocycles. The highest BCUT2D eigenvalue weighted by molar-refractivity contribution is 5.48. The zero-order chi connectivity index (χ0) is 14.5. The third-order valence-electron chi connectivity index (χ3n) is 3.45. The lowest BCUT2D eigenvalue weighted by Crippen LogP contribution is -2.29. The highest BCUT2D eigenvalue weighted by atomic mass is 16.7. The summed E-state index contributed by atoms with van der Waals surface area (Å²) in [6.07, 6.45) is 0.936. The van der Waals surface area contributed by atoms with Crippen molar-refractivity contribution in [2.24, 2.45) is 0 Å². The zero-order valence-electron chi connectivity index (χ0n) is 12.6. The van der Waals surface area contributed by atoms with Gasteiger partial charge in [0, 0.05) is 44.9 Å². The van der Waals surface area contributed by atoms with Gasteiger partial charge in [0.05, 0.1) is 7.11 Å². The fourth-order valence-corrected chi connectivity index (χ4v) is 2.40. The van der Waals surface area contributed by atoms with Crippen molar-refractivity contribution in [2.45, 2.75) is 32.3 Å². The second-order valence-electron chi connectivity index (χ2n) is 4.94. The van der Waals surface area contributed by atoms with Crippen LogP contribution in [0.3, 0.4) is 0 Å². The lowest BCUT2D eigenvalue weighted by atomic mass is 10.1. The van der Waals surface area contributed by atoms with Gasteiger partial charge >= 0.3 is 0 Å². The summed E-state index contributed by atoms with van der Waals surface area (Å²) in [5, 5.41) is 3.30. The van der Waals surface area contributed by atoms with E-state index in [1.54, 1.807) is 21.3 Å². The molecule has 1 N–H and O–H groups in total. The molecule has 1 aromatic carbocycles. The molecule has 112 valence electrons. The van der Waals surface area contributed by atoms with Crippen molar-refractivity contribution in [3.63, 3.8) is 0 Å². The standard InChI is InChI=1S/C15H23NO4/c1-10-5-11-6-13(17-2)12(7-14(11)20-10)8-16-9-15(18-3)19-4/h6-7,10,15-16H,5,8-9H2,1-4H3. The van der Waals surface area contributed by atoms with Crippen LogP contribution in [0.15, 0.2) is 12.1 Å². The molecule has 0 fully saturated rings. The Morgan fingerprint density at radius 2 is 2.05 bits per heavy atom. The third-order valence-corrected chi connectivity index (χ3v) is 3.45. The van der Waals surface area contributed by atoms with Crippen molar-refractivity contribution in [2.75, 3.05) is 27.9 Å². The fraction of sp³-hybridized carbons (Fsp3) is 0.600. The van der Waals surface area contributed by atoms with Crippen LogP contribution in [0.5, 0.6) is 11.5 Å². The molecule has 0 aromatic heterocycles. The summed E-state index contributed by atoms with van der Waals surface area (Å²) < 4.78 is 21.5. The first-order chi connectivity index (χ1) is 9.67. The molecule has 2 rings (SSSR count). The van der Waals surface area contributed by atoms with E-state index in [1.807, 2.05) is 0 Å². The van der Waals surface area contributed by atoms with Gasteiger partial charge in [-0.2, -0.15) is 0 Å². The van der Waals surface area contributed by atoms with Crippen LogP contribution >= 0.6 is 0 Å².